The van der Waals surface area contributed by atoms with E-state index in [1.165, 1.54) is 41.3 Å². The monoisotopic (exact) mass is 252 g/mol. The SMILES string of the molecule is CCC(=O)NCCCc1nc2c(s1)CCCC2. The molecule has 0 atom stereocenters. The van der Waals surface area contributed by atoms with E-state index in [1.807, 2.05) is 18.3 Å². The standard InChI is InChI=1S/C13H20N2OS/c1-2-12(16)14-9-5-8-13-15-10-6-3-4-7-11(10)17-13/h2-9H2,1H3,(H,14,16). The average molecular weight is 252 g/mol. The van der Waals surface area contributed by atoms with E-state index >= 15 is 0 Å². The summed E-state index contributed by atoms with van der Waals surface area (Å²) < 4.78 is 0. The fourth-order valence-corrected chi connectivity index (χ4v) is 3.30. The first-order chi connectivity index (χ1) is 8.29. The summed E-state index contributed by atoms with van der Waals surface area (Å²) in [6.45, 7) is 2.65. The van der Waals surface area contributed by atoms with Gasteiger partial charge in [-0.3, -0.25) is 4.79 Å². The van der Waals surface area contributed by atoms with Gasteiger partial charge in [0, 0.05) is 24.3 Å². The van der Waals surface area contributed by atoms with Crippen LogP contribution in [0.15, 0.2) is 0 Å². The minimum Gasteiger partial charge on any atom is -0.356 e. The lowest BCUT2D eigenvalue weighted by Gasteiger charge is -2.06. The molecule has 0 radical (unpaired) electrons. The van der Waals surface area contributed by atoms with E-state index in [0.29, 0.717) is 6.42 Å². The maximum atomic E-state index is 11.1. The summed E-state index contributed by atoms with van der Waals surface area (Å²) in [5, 5.41) is 4.15. The van der Waals surface area contributed by atoms with Crippen molar-refractivity contribution in [1.29, 1.82) is 0 Å². The van der Waals surface area contributed by atoms with Crippen LogP contribution in [0.25, 0.3) is 0 Å². The second-order valence-corrected chi connectivity index (χ2v) is 5.66. The van der Waals surface area contributed by atoms with Gasteiger partial charge in [0.15, 0.2) is 0 Å². The highest BCUT2D eigenvalue weighted by Gasteiger charge is 2.14. The Labute approximate surface area is 107 Å². The van der Waals surface area contributed by atoms with Gasteiger partial charge in [-0.2, -0.15) is 0 Å². The maximum Gasteiger partial charge on any atom is 0.219 e. The van der Waals surface area contributed by atoms with Gasteiger partial charge in [0.2, 0.25) is 5.91 Å². The highest BCUT2D eigenvalue weighted by molar-refractivity contribution is 7.11. The van der Waals surface area contributed by atoms with Crippen LogP contribution in [-0.2, 0) is 24.1 Å². The number of thiazole rings is 1. The average Bonchev–Trinajstić information content (AvgIpc) is 2.76. The molecule has 1 aliphatic carbocycles. The molecule has 0 saturated carbocycles. The molecule has 17 heavy (non-hydrogen) atoms. The van der Waals surface area contributed by atoms with Gasteiger partial charge in [0.05, 0.1) is 10.7 Å². The number of nitrogens with zero attached hydrogens (tertiary/aromatic N) is 1. The molecule has 1 heterocycles. The van der Waals surface area contributed by atoms with Gasteiger partial charge in [-0.05, 0) is 32.1 Å². The lowest BCUT2D eigenvalue weighted by Crippen LogP contribution is -2.23. The topological polar surface area (TPSA) is 42.0 Å². The van der Waals surface area contributed by atoms with E-state index in [9.17, 15) is 4.79 Å². The number of nitrogens with one attached hydrogen (secondary N) is 1. The number of carbonyl (C=O) groups excluding carboxylic acids is 1. The fraction of sp³-hybridized carbons (Fsp3) is 0.692. The Hall–Kier alpha value is -0.900. The Bertz CT molecular complexity index is 363. The number of rotatable bonds is 5. The normalized spacial score (nSPS) is 14.4. The largest absolute Gasteiger partial charge is 0.356 e. The van der Waals surface area contributed by atoms with Crippen molar-refractivity contribution in [2.45, 2.75) is 51.9 Å². The van der Waals surface area contributed by atoms with E-state index in [4.69, 9.17) is 4.98 Å². The number of fused-ring (bicyclic) bond motifs is 1. The van der Waals surface area contributed by atoms with Gasteiger partial charge in [-0.25, -0.2) is 4.98 Å². The van der Waals surface area contributed by atoms with Gasteiger partial charge in [0.25, 0.3) is 0 Å². The maximum absolute atomic E-state index is 11.1. The summed E-state index contributed by atoms with van der Waals surface area (Å²) in [6, 6.07) is 0. The molecule has 0 bridgehead atoms. The number of aromatic nitrogens is 1. The lowest BCUT2D eigenvalue weighted by atomic mass is 10.0. The van der Waals surface area contributed by atoms with Crippen LogP contribution >= 0.6 is 11.3 Å². The summed E-state index contributed by atoms with van der Waals surface area (Å²) >= 11 is 1.88. The van der Waals surface area contributed by atoms with Crippen LogP contribution in [0.1, 0.15) is 48.2 Å². The summed E-state index contributed by atoms with van der Waals surface area (Å²) in [6.07, 6.45) is 7.58. The van der Waals surface area contributed by atoms with Crippen molar-refractivity contribution in [3.05, 3.63) is 15.6 Å². The number of aryl methyl sites for hydroxylation is 3. The Morgan fingerprint density at radius 3 is 3.00 bits per heavy atom. The zero-order valence-electron chi connectivity index (χ0n) is 10.4. The molecular weight excluding hydrogens is 232 g/mol. The van der Waals surface area contributed by atoms with Gasteiger partial charge >= 0.3 is 0 Å². The first kappa shape index (κ1) is 12.6. The molecule has 0 saturated heterocycles. The van der Waals surface area contributed by atoms with Crippen LogP contribution in [0.4, 0.5) is 0 Å². The number of carbonyl (C=O) groups is 1. The first-order valence-corrected chi connectivity index (χ1v) is 7.35. The highest BCUT2D eigenvalue weighted by Crippen LogP contribution is 2.27. The smallest absolute Gasteiger partial charge is 0.219 e. The molecule has 94 valence electrons. The molecular formula is C13H20N2OS. The number of amides is 1. The predicted octanol–water partition coefficient (Wildman–Crippen LogP) is 2.48. The number of hydrogen-bond acceptors (Lipinski definition) is 3. The molecule has 1 aliphatic rings. The summed E-state index contributed by atoms with van der Waals surface area (Å²) in [5.41, 5.74) is 1.34. The van der Waals surface area contributed by atoms with E-state index in [2.05, 4.69) is 5.32 Å². The molecule has 0 fully saturated rings. The Balaban J connectivity index is 1.75. The molecule has 3 nitrogen and oxygen atoms in total. The summed E-state index contributed by atoms with van der Waals surface area (Å²) in [4.78, 5) is 17.3. The van der Waals surface area contributed by atoms with Gasteiger partial charge < -0.3 is 5.32 Å². The van der Waals surface area contributed by atoms with Crippen LogP contribution in [0.5, 0.6) is 0 Å². The van der Waals surface area contributed by atoms with Crippen molar-refractivity contribution in [3.8, 4) is 0 Å². The van der Waals surface area contributed by atoms with E-state index in [1.54, 1.807) is 0 Å². The van der Waals surface area contributed by atoms with E-state index < -0.39 is 0 Å². The summed E-state index contributed by atoms with van der Waals surface area (Å²) in [7, 11) is 0. The molecule has 0 aromatic carbocycles. The van der Waals surface area contributed by atoms with Gasteiger partial charge in [0.1, 0.15) is 0 Å². The highest BCUT2D eigenvalue weighted by atomic mass is 32.1. The molecule has 1 aromatic rings. The van der Waals surface area contributed by atoms with Crippen LogP contribution in [0.3, 0.4) is 0 Å². The molecule has 4 heteroatoms. The molecule has 1 N–H and O–H groups in total. The van der Waals surface area contributed by atoms with E-state index in [-0.39, 0.29) is 5.91 Å². The van der Waals surface area contributed by atoms with Crippen LogP contribution in [0, 0.1) is 0 Å². The second-order valence-electron chi connectivity index (χ2n) is 4.49. The van der Waals surface area contributed by atoms with Crippen LogP contribution < -0.4 is 5.32 Å². The molecule has 2 rings (SSSR count). The third-order valence-corrected chi connectivity index (χ3v) is 4.32. The van der Waals surface area contributed by atoms with Crippen molar-refractivity contribution in [2.24, 2.45) is 0 Å². The lowest BCUT2D eigenvalue weighted by molar-refractivity contribution is -0.120. The Kier molecular flexibility index (Phi) is 4.54. The van der Waals surface area contributed by atoms with E-state index in [0.717, 1.165) is 19.4 Å². The molecule has 1 aromatic heterocycles. The quantitative estimate of drug-likeness (QED) is 0.818. The summed E-state index contributed by atoms with van der Waals surface area (Å²) in [5.74, 6) is 0.142. The van der Waals surface area contributed by atoms with Gasteiger partial charge in [-0.1, -0.05) is 6.92 Å². The Morgan fingerprint density at radius 1 is 1.41 bits per heavy atom. The van der Waals surface area contributed by atoms with Crippen molar-refractivity contribution >= 4 is 17.2 Å². The first-order valence-electron chi connectivity index (χ1n) is 6.53. The van der Waals surface area contributed by atoms with Crippen molar-refractivity contribution in [2.75, 3.05) is 6.54 Å². The van der Waals surface area contributed by atoms with Crippen molar-refractivity contribution in [1.82, 2.24) is 10.3 Å². The zero-order valence-corrected chi connectivity index (χ0v) is 11.2. The minimum absolute atomic E-state index is 0.142. The van der Waals surface area contributed by atoms with Crippen LogP contribution in [-0.4, -0.2) is 17.4 Å². The molecule has 0 unspecified atom stereocenters. The van der Waals surface area contributed by atoms with Crippen molar-refractivity contribution in [3.63, 3.8) is 0 Å². The minimum atomic E-state index is 0.142. The molecule has 0 aliphatic heterocycles. The second kappa shape index (κ2) is 6.15. The van der Waals surface area contributed by atoms with Gasteiger partial charge in [-0.15, -0.1) is 11.3 Å². The zero-order chi connectivity index (χ0) is 12.1. The fourth-order valence-electron chi connectivity index (χ4n) is 2.10. The predicted molar refractivity (Wildman–Crippen MR) is 70.4 cm³/mol. The third-order valence-electron chi connectivity index (χ3n) is 3.10. The Morgan fingerprint density at radius 2 is 2.24 bits per heavy atom. The van der Waals surface area contributed by atoms with Crippen molar-refractivity contribution < 1.29 is 4.79 Å². The molecule has 0 spiro atoms. The van der Waals surface area contributed by atoms with Crippen LogP contribution in [0.2, 0.25) is 0 Å². The third kappa shape index (κ3) is 3.53. The molecule has 1 amide bonds. The number of hydrogen-bond donors (Lipinski definition) is 1.